The second kappa shape index (κ2) is 4.72. The summed E-state index contributed by atoms with van der Waals surface area (Å²) in [6, 6.07) is 6.47. The maximum atomic E-state index is 11.0. The lowest BCUT2D eigenvalue weighted by molar-refractivity contribution is -0.126. The molecule has 0 amide bonds. The number of H-pyrrole nitrogens is 1. The van der Waals surface area contributed by atoms with Crippen molar-refractivity contribution in [1.29, 1.82) is 0 Å². The number of aryl methyl sites for hydroxylation is 1. The largest absolute Gasteiger partial charge is 0.342 e. The van der Waals surface area contributed by atoms with Gasteiger partial charge in [-0.25, -0.2) is 4.98 Å². The Labute approximate surface area is 119 Å². The molecule has 3 heteroatoms. The smallest absolute Gasteiger partial charge is 0.133 e. The number of nitrogens with zero attached hydrogens (tertiary/aromatic N) is 1. The van der Waals surface area contributed by atoms with Crippen LogP contribution in [-0.4, -0.2) is 15.8 Å². The van der Waals surface area contributed by atoms with Crippen LogP contribution in [0.15, 0.2) is 18.2 Å². The van der Waals surface area contributed by atoms with Gasteiger partial charge in [-0.1, -0.05) is 26.8 Å². The molecule has 2 aromatic rings. The Balaban J connectivity index is 1.75. The number of imidazole rings is 1. The van der Waals surface area contributed by atoms with E-state index in [-0.39, 0.29) is 5.41 Å². The number of aromatic amines is 1. The monoisotopic (exact) mass is 270 g/mol. The number of hydrogen-bond donors (Lipinski definition) is 1. The average molecular weight is 270 g/mol. The van der Waals surface area contributed by atoms with Gasteiger partial charge in [0.05, 0.1) is 11.0 Å². The first-order chi connectivity index (χ1) is 9.41. The predicted molar refractivity (Wildman–Crippen MR) is 80.8 cm³/mol. The summed E-state index contributed by atoms with van der Waals surface area (Å²) >= 11 is 0. The van der Waals surface area contributed by atoms with Crippen molar-refractivity contribution in [1.82, 2.24) is 9.97 Å². The van der Waals surface area contributed by atoms with Crippen LogP contribution in [-0.2, 0) is 16.6 Å². The first kappa shape index (κ1) is 13.3. The van der Waals surface area contributed by atoms with Crippen LogP contribution < -0.4 is 0 Å². The second-order valence-electron chi connectivity index (χ2n) is 7.02. The standard InChI is InChI=1S/C17H22N2O/c1-17(2,3)12-5-6-14-15(10-12)19-16(18-14)7-4-11-8-13(20)9-11/h5-6,10-11H,4,7-9H2,1-3H3,(H,18,19). The average Bonchev–Trinajstić information content (AvgIpc) is 2.73. The number of hydrogen-bond acceptors (Lipinski definition) is 2. The third-order valence-corrected chi connectivity index (χ3v) is 4.22. The van der Waals surface area contributed by atoms with E-state index in [4.69, 9.17) is 0 Å². The number of fused-ring (bicyclic) bond motifs is 1. The minimum absolute atomic E-state index is 0.158. The number of benzene rings is 1. The molecule has 3 rings (SSSR count). The predicted octanol–water partition coefficient (Wildman–Crippen LogP) is 3.77. The van der Waals surface area contributed by atoms with Gasteiger partial charge in [0.2, 0.25) is 0 Å². The van der Waals surface area contributed by atoms with Gasteiger partial charge in [0.25, 0.3) is 0 Å². The SMILES string of the molecule is CC(C)(C)c1ccc2nc(CCC3CC(=O)C3)[nH]c2c1. The molecule has 1 heterocycles. The Kier molecular flexibility index (Phi) is 3.15. The number of carbonyl (C=O) groups is 1. The molecule has 106 valence electrons. The molecule has 0 saturated heterocycles. The van der Waals surface area contributed by atoms with Crippen molar-refractivity contribution in [2.24, 2.45) is 5.92 Å². The fourth-order valence-electron chi connectivity index (χ4n) is 2.78. The normalized spacial score (nSPS) is 16.6. The molecule has 1 aromatic carbocycles. The van der Waals surface area contributed by atoms with Crippen LogP contribution in [0.1, 0.15) is 51.4 Å². The molecular weight excluding hydrogens is 248 g/mol. The van der Waals surface area contributed by atoms with E-state index in [1.807, 2.05) is 0 Å². The minimum atomic E-state index is 0.158. The second-order valence-corrected chi connectivity index (χ2v) is 7.02. The van der Waals surface area contributed by atoms with E-state index < -0.39 is 0 Å². The lowest BCUT2D eigenvalue weighted by atomic mass is 9.81. The molecule has 1 aromatic heterocycles. The molecule has 0 bridgehead atoms. The van der Waals surface area contributed by atoms with Gasteiger partial charge in [0.15, 0.2) is 0 Å². The summed E-state index contributed by atoms with van der Waals surface area (Å²) in [5, 5.41) is 0. The first-order valence-corrected chi connectivity index (χ1v) is 7.42. The maximum Gasteiger partial charge on any atom is 0.133 e. The zero-order valence-electron chi connectivity index (χ0n) is 12.5. The molecule has 1 saturated carbocycles. The minimum Gasteiger partial charge on any atom is -0.342 e. The molecule has 1 N–H and O–H groups in total. The molecule has 1 aliphatic rings. The number of ketones is 1. The number of Topliss-reactive ketones (excluding diaryl/α,β-unsaturated/α-hetero) is 1. The Morgan fingerprint density at radius 3 is 2.70 bits per heavy atom. The highest BCUT2D eigenvalue weighted by Crippen LogP contribution is 2.28. The van der Waals surface area contributed by atoms with Crippen LogP contribution in [0.3, 0.4) is 0 Å². The van der Waals surface area contributed by atoms with Crippen LogP contribution in [0.25, 0.3) is 11.0 Å². The molecule has 3 nitrogen and oxygen atoms in total. The van der Waals surface area contributed by atoms with Crippen molar-refractivity contribution in [2.75, 3.05) is 0 Å². The van der Waals surface area contributed by atoms with Crippen LogP contribution in [0, 0.1) is 5.92 Å². The van der Waals surface area contributed by atoms with Gasteiger partial charge in [-0.3, -0.25) is 4.79 Å². The zero-order chi connectivity index (χ0) is 14.3. The van der Waals surface area contributed by atoms with Crippen molar-refractivity contribution >= 4 is 16.8 Å². The third kappa shape index (κ3) is 2.62. The van der Waals surface area contributed by atoms with Crippen LogP contribution in [0.4, 0.5) is 0 Å². The van der Waals surface area contributed by atoms with E-state index in [2.05, 4.69) is 48.9 Å². The Bertz CT molecular complexity index is 641. The highest BCUT2D eigenvalue weighted by molar-refractivity contribution is 5.84. The van der Waals surface area contributed by atoms with Crippen LogP contribution in [0.2, 0.25) is 0 Å². The fourth-order valence-corrected chi connectivity index (χ4v) is 2.78. The number of aromatic nitrogens is 2. The maximum absolute atomic E-state index is 11.0. The summed E-state index contributed by atoms with van der Waals surface area (Å²) in [6.45, 7) is 6.66. The summed E-state index contributed by atoms with van der Waals surface area (Å²) in [5.74, 6) is 2.04. The molecule has 0 unspecified atom stereocenters. The van der Waals surface area contributed by atoms with Crippen molar-refractivity contribution in [3.05, 3.63) is 29.6 Å². The van der Waals surface area contributed by atoms with Gasteiger partial charge in [-0.15, -0.1) is 0 Å². The van der Waals surface area contributed by atoms with Crippen molar-refractivity contribution < 1.29 is 4.79 Å². The summed E-state index contributed by atoms with van der Waals surface area (Å²) in [7, 11) is 0. The Morgan fingerprint density at radius 1 is 1.30 bits per heavy atom. The molecule has 1 fully saturated rings. The summed E-state index contributed by atoms with van der Waals surface area (Å²) in [5.41, 5.74) is 3.64. The molecule has 1 aliphatic carbocycles. The van der Waals surface area contributed by atoms with Gasteiger partial charge in [-0.05, 0) is 35.4 Å². The van der Waals surface area contributed by atoms with Gasteiger partial charge in [0, 0.05) is 19.3 Å². The Morgan fingerprint density at radius 2 is 2.05 bits per heavy atom. The van der Waals surface area contributed by atoms with E-state index in [1.54, 1.807) is 0 Å². The lowest BCUT2D eigenvalue weighted by Crippen LogP contribution is -2.23. The molecule has 0 spiro atoms. The van der Waals surface area contributed by atoms with E-state index in [9.17, 15) is 4.79 Å². The fraction of sp³-hybridized carbons (Fsp3) is 0.529. The van der Waals surface area contributed by atoms with E-state index in [1.165, 1.54) is 5.56 Å². The Hall–Kier alpha value is -1.64. The third-order valence-electron chi connectivity index (χ3n) is 4.22. The summed E-state index contributed by atoms with van der Waals surface area (Å²) in [4.78, 5) is 19.0. The van der Waals surface area contributed by atoms with E-state index in [0.29, 0.717) is 11.7 Å². The van der Waals surface area contributed by atoms with Crippen LogP contribution >= 0.6 is 0 Å². The highest BCUT2D eigenvalue weighted by Gasteiger charge is 2.26. The van der Waals surface area contributed by atoms with Gasteiger partial charge in [-0.2, -0.15) is 0 Å². The van der Waals surface area contributed by atoms with E-state index >= 15 is 0 Å². The van der Waals surface area contributed by atoms with Crippen LogP contribution in [0.5, 0.6) is 0 Å². The highest BCUT2D eigenvalue weighted by atomic mass is 16.1. The molecular formula is C17H22N2O. The summed E-state index contributed by atoms with van der Waals surface area (Å²) in [6.07, 6.45) is 3.55. The van der Waals surface area contributed by atoms with E-state index in [0.717, 1.165) is 42.5 Å². The van der Waals surface area contributed by atoms with Crippen molar-refractivity contribution in [2.45, 2.75) is 51.9 Å². The van der Waals surface area contributed by atoms with Crippen molar-refractivity contribution in [3.8, 4) is 0 Å². The lowest BCUT2D eigenvalue weighted by Gasteiger charge is -2.23. The number of carbonyl (C=O) groups excluding carboxylic acids is 1. The van der Waals surface area contributed by atoms with Gasteiger partial charge in [0.1, 0.15) is 11.6 Å². The number of nitrogens with one attached hydrogen (secondary N) is 1. The van der Waals surface area contributed by atoms with Gasteiger partial charge < -0.3 is 4.98 Å². The quantitative estimate of drug-likeness (QED) is 0.922. The molecule has 0 aliphatic heterocycles. The first-order valence-electron chi connectivity index (χ1n) is 7.42. The molecule has 20 heavy (non-hydrogen) atoms. The number of rotatable bonds is 3. The topological polar surface area (TPSA) is 45.8 Å². The summed E-state index contributed by atoms with van der Waals surface area (Å²) < 4.78 is 0. The zero-order valence-corrected chi connectivity index (χ0v) is 12.5. The van der Waals surface area contributed by atoms with Crippen molar-refractivity contribution in [3.63, 3.8) is 0 Å². The molecule has 0 radical (unpaired) electrons. The molecule has 0 atom stereocenters. The van der Waals surface area contributed by atoms with Gasteiger partial charge >= 0.3 is 0 Å².